The van der Waals surface area contributed by atoms with Crippen molar-refractivity contribution in [2.24, 2.45) is 0 Å². The summed E-state index contributed by atoms with van der Waals surface area (Å²) >= 11 is 0. The van der Waals surface area contributed by atoms with E-state index in [1.165, 1.54) is 5.56 Å². The number of carbonyl (C=O) groups excluding carboxylic acids is 1. The maximum Gasteiger partial charge on any atom is 0.317 e. The molecule has 1 aliphatic rings. The van der Waals surface area contributed by atoms with Crippen molar-refractivity contribution in [2.45, 2.75) is 46.1 Å². The van der Waals surface area contributed by atoms with Gasteiger partial charge in [-0.05, 0) is 44.9 Å². The number of benzene rings is 1. The van der Waals surface area contributed by atoms with Gasteiger partial charge in [-0.2, -0.15) is 0 Å². The van der Waals surface area contributed by atoms with Gasteiger partial charge in [-0.1, -0.05) is 24.6 Å². The Kier molecular flexibility index (Phi) is 7.45. The van der Waals surface area contributed by atoms with Crippen LogP contribution in [0.25, 0.3) is 0 Å². The van der Waals surface area contributed by atoms with E-state index < -0.39 is 5.97 Å². The Hall–Kier alpha value is -2.08. The molecule has 0 atom stereocenters. The summed E-state index contributed by atoms with van der Waals surface area (Å²) in [6, 6.07) is 6.26. The molecule has 0 bridgehead atoms. The lowest BCUT2D eigenvalue weighted by Gasteiger charge is -2.37. The predicted octanol–water partition coefficient (Wildman–Crippen LogP) is 2.47. The third-order valence-corrected chi connectivity index (χ3v) is 4.98. The molecule has 1 aromatic rings. The van der Waals surface area contributed by atoms with Gasteiger partial charge in [0.1, 0.15) is 5.75 Å². The van der Waals surface area contributed by atoms with Gasteiger partial charge in [0, 0.05) is 19.1 Å². The Morgan fingerprint density at radius 3 is 2.54 bits per heavy atom. The van der Waals surface area contributed by atoms with Gasteiger partial charge < -0.3 is 14.7 Å². The first-order valence-electron chi connectivity index (χ1n) is 9.34. The lowest BCUT2D eigenvalue weighted by molar-refractivity contribution is -0.140. The minimum atomic E-state index is -0.797. The molecule has 2 rings (SSSR count). The SMILES string of the molecule is CCN(CC(=O)O)C1CCN(C(=O)CCOc2ccc(C)cc2C)CC1. The van der Waals surface area contributed by atoms with E-state index in [9.17, 15) is 9.59 Å². The van der Waals surface area contributed by atoms with Crippen LogP contribution in [0.15, 0.2) is 18.2 Å². The number of aryl methyl sites for hydroxylation is 2. The van der Waals surface area contributed by atoms with E-state index in [-0.39, 0.29) is 18.5 Å². The van der Waals surface area contributed by atoms with Gasteiger partial charge in [-0.3, -0.25) is 14.5 Å². The topological polar surface area (TPSA) is 70.1 Å². The molecule has 1 heterocycles. The molecule has 0 radical (unpaired) electrons. The number of carboxylic acid groups (broad SMARTS) is 1. The van der Waals surface area contributed by atoms with Crippen molar-refractivity contribution < 1.29 is 19.4 Å². The van der Waals surface area contributed by atoms with Gasteiger partial charge in [0.2, 0.25) is 5.91 Å². The third kappa shape index (κ3) is 5.73. The monoisotopic (exact) mass is 362 g/mol. The van der Waals surface area contributed by atoms with Crippen LogP contribution in [0.5, 0.6) is 5.75 Å². The minimum absolute atomic E-state index is 0.0683. The van der Waals surface area contributed by atoms with Crippen molar-refractivity contribution >= 4 is 11.9 Å². The Balaban J connectivity index is 1.75. The van der Waals surface area contributed by atoms with Crippen LogP contribution < -0.4 is 4.74 Å². The number of hydrogen-bond donors (Lipinski definition) is 1. The van der Waals surface area contributed by atoms with Gasteiger partial charge in [0.15, 0.2) is 0 Å². The van der Waals surface area contributed by atoms with E-state index in [1.54, 1.807) is 0 Å². The largest absolute Gasteiger partial charge is 0.493 e. The number of likely N-dealkylation sites (N-methyl/N-ethyl adjacent to an activating group) is 1. The van der Waals surface area contributed by atoms with Crippen molar-refractivity contribution in [3.63, 3.8) is 0 Å². The Labute approximate surface area is 155 Å². The smallest absolute Gasteiger partial charge is 0.317 e. The molecule has 26 heavy (non-hydrogen) atoms. The third-order valence-electron chi connectivity index (χ3n) is 4.98. The first-order valence-corrected chi connectivity index (χ1v) is 9.34. The van der Waals surface area contributed by atoms with E-state index in [4.69, 9.17) is 9.84 Å². The highest BCUT2D eigenvalue weighted by molar-refractivity contribution is 5.76. The van der Waals surface area contributed by atoms with Gasteiger partial charge in [-0.25, -0.2) is 0 Å². The Bertz CT molecular complexity index is 624. The normalized spacial score (nSPS) is 15.3. The van der Waals surface area contributed by atoms with Crippen molar-refractivity contribution in [3.8, 4) is 5.75 Å². The highest BCUT2D eigenvalue weighted by Gasteiger charge is 2.27. The average molecular weight is 362 g/mol. The van der Waals surface area contributed by atoms with E-state index in [0.717, 1.165) is 24.2 Å². The fraction of sp³-hybridized carbons (Fsp3) is 0.600. The molecule has 1 aliphatic heterocycles. The molecule has 144 valence electrons. The van der Waals surface area contributed by atoms with Crippen LogP contribution in [0, 0.1) is 13.8 Å². The Morgan fingerprint density at radius 2 is 1.96 bits per heavy atom. The number of amides is 1. The lowest BCUT2D eigenvalue weighted by Crippen LogP contribution is -2.48. The van der Waals surface area contributed by atoms with Gasteiger partial charge >= 0.3 is 5.97 Å². The fourth-order valence-electron chi connectivity index (χ4n) is 3.52. The molecular weight excluding hydrogens is 332 g/mol. The molecule has 0 aromatic heterocycles. The van der Waals surface area contributed by atoms with Crippen LogP contribution in [0.4, 0.5) is 0 Å². The maximum atomic E-state index is 12.4. The number of likely N-dealkylation sites (tertiary alicyclic amines) is 1. The van der Waals surface area contributed by atoms with Crippen molar-refractivity contribution in [2.75, 3.05) is 32.8 Å². The second-order valence-electron chi connectivity index (χ2n) is 6.94. The predicted molar refractivity (Wildman–Crippen MR) is 101 cm³/mol. The summed E-state index contributed by atoms with van der Waals surface area (Å²) in [4.78, 5) is 27.2. The summed E-state index contributed by atoms with van der Waals surface area (Å²) in [5, 5.41) is 8.99. The van der Waals surface area contributed by atoms with Crippen LogP contribution in [-0.4, -0.2) is 65.6 Å². The van der Waals surface area contributed by atoms with Crippen molar-refractivity contribution in [3.05, 3.63) is 29.3 Å². The van der Waals surface area contributed by atoms with Crippen LogP contribution in [0.1, 0.15) is 37.3 Å². The molecule has 1 amide bonds. The summed E-state index contributed by atoms with van der Waals surface area (Å²) < 4.78 is 5.75. The maximum absolute atomic E-state index is 12.4. The molecule has 1 saturated heterocycles. The number of ether oxygens (including phenoxy) is 1. The molecule has 0 spiro atoms. The molecular formula is C20H30N2O4. The van der Waals surface area contributed by atoms with Gasteiger partial charge in [0.25, 0.3) is 0 Å². The number of piperidine rings is 1. The number of hydrogen-bond acceptors (Lipinski definition) is 4. The highest BCUT2D eigenvalue weighted by atomic mass is 16.5. The van der Waals surface area contributed by atoms with E-state index >= 15 is 0 Å². The van der Waals surface area contributed by atoms with Crippen LogP contribution in [0.2, 0.25) is 0 Å². The summed E-state index contributed by atoms with van der Waals surface area (Å²) in [5.41, 5.74) is 2.27. The number of rotatable bonds is 8. The van der Waals surface area contributed by atoms with Gasteiger partial charge in [-0.15, -0.1) is 0 Å². The zero-order valence-corrected chi connectivity index (χ0v) is 16.0. The molecule has 0 aliphatic carbocycles. The number of aliphatic carboxylic acids is 1. The van der Waals surface area contributed by atoms with Crippen molar-refractivity contribution in [1.29, 1.82) is 0 Å². The summed E-state index contributed by atoms with van der Waals surface area (Å²) in [6.07, 6.45) is 2.01. The number of carbonyl (C=O) groups is 2. The van der Waals surface area contributed by atoms with Crippen LogP contribution >= 0.6 is 0 Å². The summed E-state index contributed by atoms with van der Waals surface area (Å²) in [7, 11) is 0. The molecule has 6 nitrogen and oxygen atoms in total. The first-order chi connectivity index (χ1) is 12.4. The molecule has 1 fully saturated rings. The van der Waals surface area contributed by atoms with E-state index in [2.05, 4.69) is 6.07 Å². The molecule has 0 unspecified atom stereocenters. The highest BCUT2D eigenvalue weighted by Crippen LogP contribution is 2.20. The van der Waals surface area contributed by atoms with Crippen LogP contribution in [0.3, 0.4) is 0 Å². The molecule has 1 aromatic carbocycles. The fourth-order valence-corrected chi connectivity index (χ4v) is 3.52. The zero-order valence-electron chi connectivity index (χ0n) is 16.0. The second kappa shape index (κ2) is 9.57. The Morgan fingerprint density at radius 1 is 1.27 bits per heavy atom. The molecule has 1 N–H and O–H groups in total. The second-order valence-corrected chi connectivity index (χ2v) is 6.94. The molecule has 0 saturated carbocycles. The number of carboxylic acids is 1. The summed E-state index contributed by atoms with van der Waals surface area (Å²) in [6.45, 7) is 8.55. The summed E-state index contributed by atoms with van der Waals surface area (Å²) in [5.74, 6) is 0.137. The number of nitrogens with zero attached hydrogens (tertiary/aromatic N) is 2. The first kappa shape index (κ1) is 20.2. The minimum Gasteiger partial charge on any atom is -0.493 e. The van der Waals surface area contributed by atoms with Crippen LogP contribution in [-0.2, 0) is 9.59 Å². The standard InChI is InChI=1S/C20H30N2O4/c1-4-21(14-20(24)25)17-7-10-22(11-8-17)19(23)9-12-26-18-6-5-15(2)13-16(18)3/h5-6,13,17H,4,7-12,14H2,1-3H3,(H,24,25). The van der Waals surface area contributed by atoms with E-state index in [1.807, 2.05) is 42.7 Å². The molecule has 6 heteroatoms. The van der Waals surface area contributed by atoms with Crippen molar-refractivity contribution in [1.82, 2.24) is 9.80 Å². The average Bonchev–Trinajstić information content (AvgIpc) is 2.61. The lowest BCUT2D eigenvalue weighted by atomic mass is 10.0. The van der Waals surface area contributed by atoms with E-state index in [0.29, 0.717) is 32.7 Å². The van der Waals surface area contributed by atoms with Gasteiger partial charge in [0.05, 0.1) is 19.6 Å². The zero-order chi connectivity index (χ0) is 19.1. The quantitative estimate of drug-likeness (QED) is 0.769.